The molecule has 1 saturated heterocycles. The lowest BCUT2D eigenvalue weighted by Crippen LogP contribution is -2.62. The van der Waals surface area contributed by atoms with E-state index in [0.29, 0.717) is 24.7 Å². The Morgan fingerprint density at radius 1 is 1.03 bits per heavy atom. The van der Waals surface area contributed by atoms with E-state index in [1.165, 1.54) is 4.90 Å². The molecule has 5 rings (SSSR count). The molecule has 33 heavy (non-hydrogen) atoms. The highest BCUT2D eigenvalue weighted by atomic mass is 16.5. The molecule has 1 aromatic heterocycles. The topological polar surface area (TPSA) is 79.5 Å². The average molecular weight is 445 g/mol. The van der Waals surface area contributed by atoms with Crippen molar-refractivity contribution < 1.29 is 14.1 Å². The molecule has 2 aliphatic rings. The molecule has 2 unspecified atom stereocenters. The van der Waals surface area contributed by atoms with Gasteiger partial charge in [0.15, 0.2) is 0 Å². The summed E-state index contributed by atoms with van der Waals surface area (Å²) < 4.78 is 5.52. The molecule has 1 saturated carbocycles. The zero-order chi connectivity index (χ0) is 22.8. The van der Waals surface area contributed by atoms with Gasteiger partial charge in [-0.15, -0.1) is 0 Å². The number of carbonyl (C=O) groups excluding carboxylic acids is 2. The Morgan fingerprint density at radius 3 is 2.67 bits per heavy atom. The molecule has 0 spiro atoms. The molecular weight excluding hydrogens is 416 g/mol. The quantitative estimate of drug-likeness (QED) is 0.555. The fraction of sp³-hybridized carbons (Fsp3) is 0.385. The van der Waals surface area contributed by atoms with Gasteiger partial charge in [-0.1, -0.05) is 72.1 Å². The third-order valence-corrected chi connectivity index (χ3v) is 6.71. The first-order valence-corrected chi connectivity index (χ1v) is 11.7. The van der Waals surface area contributed by atoms with E-state index >= 15 is 0 Å². The van der Waals surface area contributed by atoms with Crippen molar-refractivity contribution in [1.29, 1.82) is 0 Å². The fourth-order valence-electron chi connectivity index (χ4n) is 5.01. The van der Waals surface area contributed by atoms with E-state index in [1.807, 2.05) is 61.5 Å². The molecule has 170 valence electrons. The number of benzene rings is 2. The van der Waals surface area contributed by atoms with Gasteiger partial charge in [0.1, 0.15) is 6.54 Å². The van der Waals surface area contributed by atoms with Gasteiger partial charge in [0.2, 0.25) is 17.6 Å². The van der Waals surface area contributed by atoms with Gasteiger partial charge < -0.3 is 9.42 Å². The van der Waals surface area contributed by atoms with Crippen LogP contribution in [0.2, 0.25) is 0 Å². The Bertz CT molecular complexity index is 1140. The highest BCUT2D eigenvalue weighted by Crippen LogP contribution is 2.35. The summed E-state index contributed by atoms with van der Waals surface area (Å²) in [5.41, 5.74) is 3.10. The molecular formula is C26H28N4O3. The molecule has 0 bridgehead atoms. The summed E-state index contributed by atoms with van der Waals surface area (Å²) in [5, 5.41) is 4.13. The van der Waals surface area contributed by atoms with E-state index in [2.05, 4.69) is 10.1 Å². The number of nitrogens with zero attached hydrogens (tertiary/aromatic N) is 4. The number of fused-ring (bicyclic) bond motifs is 1. The SMILES string of the molecule is Cc1cccc(-c2noc(CN3C(=O)N(CCc4ccccc4)C(=O)C4CCCCC43)n2)c1. The molecule has 7 heteroatoms. The number of aromatic nitrogens is 2. The van der Waals surface area contributed by atoms with E-state index in [0.717, 1.165) is 42.4 Å². The maximum absolute atomic E-state index is 13.5. The van der Waals surface area contributed by atoms with Gasteiger partial charge in [0.05, 0.1) is 5.92 Å². The molecule has 3 aromatic rings. The van der Waals surface area contributed by atoms with E-state index in [-0.39, 0.29) is 30.4 Å². The Morgan fingerprint density at radius 2 is 1.85 bits per heavy atom. The number of urea groups is 1. The molecule has 1 aliphatic carbocycles. The Hall–Kier alpha value is -3.48. The van der Waals surface area contributed by atoms with Gasteiger partial charge in [0.25, 0.3) is 0 Å². The lowest BCUT2D eigenvalue weighted by Gasteiger charge is -2.46. The first-order chi connectivity index (χ1) is 16.1. The van der Waals surface area contributed by atoms with Gasteiger partial charge in [-0.2, -0.15) is 4.98 Å². The van der Waals surface area contributed by atoms with Crippen LogP contribution in [0.3, 0.4) is 0 Å². The number of rotatable bonds is 6. The van der Waals surface area contributed by atoms with Gasteiger partial charge in [-0.3, -0.25) is 9.69 Å². The molecule has 2 aromatic carbocycles. The van der Waals surface area contributed by atoms with Crippen molar-refractivity contribution in [2.24, 2.45) is 5.92 Å². The number of aryl methyl sites for hydroxylation is 1. The number of hydrogen-bond donors (Lipinski definition) is 0. The second-order valence-electron chi connectivity index (χ2n) is 8.98. The van der Waals surface area contributed by atoms with Crippen molar-refractivity contribution in [2.75, 3.05) is 6.54 Å². The lowest BCUT2D eigenvalue weighted by atomic mass is 9.81. The second kappa shape index (κ2) is 9.17. The van der Waals surface area contributed by atoms with E-state index in [4.69, 9.17) is 4.52 Å². The van der Waals surface area contributed by atoms with Crippen molar-refractivity contribution in [3.63, 3.8) is 0 Å². The van der Waals surface area contributed by atoms with Crippen molar-refractivity contribution in [3.05, 3.63) is 71.6 Å². The van der Waals surface area contributed by atoms with Crippen molar-refractivity contribution in [3.8, 4) is 11.4 Å². The Balaban J connectivity index is 1.37. The Labute approximate surface area is 193 Å². The minimum absolute atomic E-state index is 0.0390. The van der Waals surface area contributed by atoms with Gasteiger partial charge in [0, 0.05) is 18.2 Å². The van der Waals surface area contributed by atoms with Gasteiger partial charge in [-0.25, -0.2) is 4.79 Å². The first kappa shape index (κ1) is 21.4. The van der Waals surface area contributed by atoms with Crippen LogP contribution in [-0.2, 0) is 17.8 Å². The minimum Gasteiger partial charge on any atom is -0.337 e. The summed E-state index contributed by atoms with van der Waals surface area (Å²) in [4.78, 5) is 34.5. The molecule has 2 atom stereocenters. The fourth-order valence-corrected chi connectivity index (χ4v) is 5.01. The van der Waals surface area contributed by atoms with Crippen LogP contribution in [0.1, 0.15) is 42.7 Å². The Kier molecular flexibility index (Phi) is 5.94. The minimum atomic E-state index is -0.255. The predicted molar refractivity (Wildman–Crippen MR) is 123 cm³/mol. The molecule has 3 amide bonds. The highest BCUT2D eigenvalue weighted by molar-refractivity contribution is 5.98. The van der Waals surface area contributed by atoms with Crippen LogP contribution in [-0.4, -0.2) is 44.5 Å². The van der Waals surface area contributed by atoms with Gasteiger partial charge >= 0.3 is 6.03 Å². The van der Waals surface area contributed by atoms with Crippen molar-refractivity contribution in [2.45, 2.75) is 51.6 Å². The van der Waals surface area contributed by atoms with Crippen molar-refractivity contribution >= 4 is 11.9 Å². The van der Waals surface area contributed by atoms with Crippen LogP contribution >= 0.6 is 0 Å². The number of carbonyl (C=O) groups is 2. The van der Waals surface area contributed by atoms with Crippen LogP contribution in [0.4, 0.5) is 4.79 Å². The third kappa shape index (κ3) is 4.40. The molecule has 0 N–H and O–H groups in total. The maximum atomic E-state index is 13.5. The zero-order valence-electron chi connectivity index (χ0n) is 18.8. The molecule has 2 heterocycles. The average Bonchev–Trinajstić information content (AvgIpc) is 3.31. The molecule has 1 aliphatic heterocycles. The second-order valence-corrected chi connectivity index (χ2v) is 8.98. The van der Waals surface area contributed by atoms with E-state index < -0.39 is 0 Å². The number of hydrogen-bond acceptors (Lipinski definition) is 5. The molecule has 2 fully saturated rings. The largest absolute Gasteiger partial charge is 0.337 e. The summed E-state index contributed by atoms with van der Waals surface area (Å²) in [5.74, 6) is 0.700. The first-order valence-electron chi connectivity index (χ1n) is 11.7. The standard InChI is InChI=1S/C26H28N4O3/c1-18-8-7-11-20(16-18)24-27-23(33-28-24)17-30-22-13-6-5-12-21(22)25(31)29(26(30)32)15-14-19-9-3-2-4-10-19/h2-4,7-11,16,21-22H,5-6,12-15,17H2,1H3. The summed E-state index contributed by atoms with van der Waals surface area (Å²) in [6.07, 6.45) is 4.31. The number of imide groups is 1. The monoisotopic (exact) mass is 444 g/mol. The van der Waals surface area contributed by atoms with Crippen molar-refractivity contribution in [1.82, 2.24) is 19.9 Å². The van der Waals surface area contributed by atoms with Crippen LogP contribution < -0.4 is 0 Å². The number of amides is 3. The highest BCUT2D eigenvalue weighted by Gasteiger charge is 2.47. The smallest absolute Gasteiger partial charge is 0.327 e. The molecule has 7 nitrogen and oxygen atoms in total. The molecule has 0 radical (unpaired) electrons. The van der Waals surface area contributed by atoms with Crippen LogP contribution in [0.25, 0.3) is 11.4 Å². The van der Waals surface area contributed by atoms with E-state index in [9.17, 15) is 9.59 Å². The summed E-state index contributed by atoms with van der Waals surface area (Å²) >= 11 is 0. The summed E-state index contributed by atoms with van der Waals surface area (Å²) in [7, 11) is 0. The maximum Gasteiger partial charge on any atom is 0.327 e. The third-order valence-electron chi connectivity index (χ3n) is 6.71. The van der Waals surface area contributed by atoms with Crippen LogP contribution in [0.5, 0.6) is 0 Å². The van der Waals surface area contributed by atoms with Gasteiger partial charge in [-0.05, 0) is 37.8 Å². The van der Waals surface area contributed by atoms with Crippen LogP contribution in [0, 0.1) is 12.8 Å². The van der Waals surface area contributed by atoms with E-state index in [1.54, 1.807) is 4.90 Å². The zero-order valence-corrected chi connectivity index (χ0v) is 18.8. The summed E-state index contributed by atoms with van der Waals surface area (Å²) in [6.45, 7) is 2.61. The van der Waals surface area contributed by atoms with Crippen LogP contribution in [0.15, 0.2) is 59.1 Å². The predicted octanol–water partition coefficient (Wildman–Crippen LogP) is 4.61. The normalized spacial score (nSPS) is 20.8. The lowest BCUT2D eigenvalue weighted by molar-refractivity contribution is -0.140. The summed E-state index contributed by atoms with van der Waals surface area (Å²) in [6, 6.07) is 17.5.